The van der Waals surface area contributed by atoms with Crippen LogP contribution in [0.25, 0.3) is 0 Å². The maximum absolute atomic E-state index is 12.9. The van der Waals surface area contributed by atoms with Crippen molar-refractivity contribution in [3.05, 3.63) is 46.5 Å². The van der Waals surface area contributed by atoms with Crippen LogP contribution in [-0.4, -0.2) is 41.2 Å². The van der Waals surface area contributed by atoms with Gasteiger partial charge in [-0.15, -0.1) is 0 Å². The number of amides is 3. The van der Waals surface area contributed by atoms with Gasteiger partial charge in [-0.1, -0.05) is 17.7 Å². The molecule has 3 amide bonds. The van der Waals surface area contributed by atoms with E-state index < -0.39 is 34.5 Å². The third-order valence-electron chi connectivity index (χ3n) is 4.24. The molecule has 0 aliphatic carbocycles. The number of hydrogen-bond donors (Lipinski definition) is 2. The van der Waals surface area contributed by atoms with Crippen LogP contribution in [0.3, 0.4) is 0 Å². The SMILES string of the molecule is Cc1ccc2c(c1Cl)S(=O)(=O)N(CC(=O)N[C@H](C)c1cnc(C#N)nc1)C(=O)N2. The zero-order chi connectivity index (χ0) is 21.3. The van der Waals surface area contributed by atoms with E-state index in [9.17, 15) is 18.0 Å². The quantitative estimate of drug-likeness (QED) is 0.744. The number of halogens is 1. The van der Waals surface area contributed by atoms with Gasteiger partial charge in [0.25, 0.3) is 10.0 Å². The molecule has 1 aliphatic rings. The number of nitrogens with zero attached hydrogens (tertiary/aromatic N) is 4. The maximum atomic E-state index is 12.9. The van der Waals surface area contributed by atoms with Crippen molar-refractivity contribution in [3.8, 4) is 6.07 Å². The Kier molecular flexibility index (Phi) is 5.41. The largest absolute Gasteiger partial charge is 0.348 e. The summed E-state index contributed by atoms with van der Waals surface area (Å²) in [6.07, 6.45) is 2.75. The molecule has 0 saturated heterocycles. The van der Waals surface area contributed by atoms with Gasteiger partial charge in [0.15, 0.2) is 0 Å². The van der Waals surface area contributed by atoms with Gasteiger partial charge < -0.3 is 10.6 Å². The van der Waals surface area contributed by atoms with E-state index in [0.29, 0.717) is 15.4 Å². The fourth-order valence-corrected chi connectivity index (χ4v) is 4.69. The van der Waals surface area contributed by atoms with Crippen LogP contribution in [0, 0.1) is 18.3 Å². The molecule has 1 aromatic heterocycles. The Morgan fingerprint density at radius 2 is 2.03 bits per heavy atom. The Balaban J connectivity index is 1.80. The van der Waals surface area contributed by atoms with Gasteiger partial charge in [-0.2, -0.15) is 5.26 Å². The van der Waals surface area contributed by atoms with E-state index in [1.54, 1.807) is 26.0 Å². The third kappa shape index (κ3) is 3.85. The molecule has 2 N–H and O–H groups in total. The minimum Gasteiger partial charge on any atom is -0.348 e. The fraction of sp³-hybridized carbons (Fsp3) is 0.235. The van der Waals surface area contributed by atoms with Crippen molar-refractivity contribution in [2.75, 3.05) is 11.9 Å². The van der Waals surface area contributed by atoms with Crippen LogP contribution in [0.2, 0.25) is 5.02 Å². The topological polar surface area (TPSA) is 145 Å². The number of sulfonamides is 1. The van der Waals surface area contributed by atoms with E-state index >= 15 is 0 Å². The molecule has 0 fully saturated rings. The summed E-state index contributed by atoms with van der Waals surface area (Å²) >= 11 is 6.14. The predicted molar refractivity (Wildman–Crippen MR) is 102 cm³/mol. The number of aromatic nitrogens is 2. The van der Waals surface area contributed by atoms with Crippen LogP contribution < -0.4 is 10.6 Å². The number of urea groups is 1. The minimum absolute atomic E-state index is 0.0176. The zero-order valence-electron chi connectivity index (χ0n) is 15.3. The first kappa shape index (κ1) is 20.5. The average Bonchev–Trinajstić information content (AvgIpc) is 2.67. The molecule has 2 heterocycles. The molecule has 0 spiro atoms. The van der Waals surface area contributed by atoms with Crippen molar-refractivity contribution in [3.63, 3.8) is 0 Å². The Labute approximate surface area is 171 Å². The standard InChI is InChI=1S/C17H15ClN6O4S/c1-9-3-4-12-16(15(9)18)29(27,28)24(17(26)23-12)8-14(25)22-10(2)11-6-20-13(5-19)21-7-11/h3-4,6-7,10H,8H2,1-2H3,(H,22,25)(H,23,26)/t10-/m1/s1. The zero-order valence-corrected chi connectivity index (χ0v) is 16.9. The lowest BCUT2D eigenvalue weighted by Gasteiger charge is -2.29. The number of hydrogen-bond acceptors (Lipinski definition) is 7. The monoisotopic (exact) mass is 434 g/mol. The molecule has 10 nitrogen and oxygen atoms in total. The second-order valence-electron chi connectivity index (χ2n) is 6.26. The van der Waals surface area contributed by atoms with Gasteiger partial charge in [-0.25, -0.2) is 27.5 Å². The lowest BCUT2D eigenvalue weighted by Crippen LogP contribution is -2.49. The first-order chi connectivity index (χ1) is 13.6. The number of carbonyl (C=O) groups is 2. The maximum Gasteiger partial charge on any atom is 0.336 e. The highest BCUT2D eigenvalue weighted by Gasteiger charge is 2.40. The van der Waals surface area contributed by atoms with E-state index in [1.807, 2.05) is 0 Å². The van der Waals surface area contributed by atoms with Crippen molar-refractivity contribution >= 4 is 39.2 Å². The summed E-state index contributed by atoms with van der Waals surface area (Å²) in [5, 5.41) is 13.7. The van der Waals surface area contributed by atoms with Gasteiger partial charge >= 0.3 is 6.03 Å². The number of carbonyl (C=O) groups excluding carboxylic acids is 2. The van der Waals surface area contributed by atoms with Crippen LogP contribution in [0.5, 0.6) is 0 Å². The summed E-state index contributed by atoms with van der Waals surface area (Å²) in [7, 11) is -4.32. The summed E-state index contributed by atoms with van der Waals surface area (Å²) in [4.78, 5) is 32.1. The molecule has 0 bridgehead atoms. The average molecular weight is 435 g/mol. The molecule has 0 saturated carbocycles. The number of nitriles is 1. The van der Waals surface area contributed by atoms with Crippen molar-refractivity contribution in [2.45, 2.75) is 24.8 Å². The lowest BCUT2D eigenvalue weighted by atomic mass is 10.2. The molecule has 3 rings (SSSR count). The minimum atomic E-state index is -4.32. The van der Waals surface area contributed by atoms with Crippen molar-refractivity contribution in [2.24, 2.45) is 0 Å². The second-order valence-corrected chi connectivity index (χ2v) is 8.43. The molecule has 2 aromatic rings. The smallest absolute Gasteiger partial charge is 0.336 e. The molecule has 29 heavy (non-hydrogen) atoms. The first-order valence-corrected chi connectivity index (χ1v) is 10.1. The molecule has 0 radical (unpaired) electrons. The van der Waals surface area contributed by atoms with Gasteiger partial charge in [0.05, 0.1) is 16.8 Å². The Morgan fingerprint density at radius 3 is 2.66 bits per heavy atom. The molecule has 1 aromatic carbocycles. The normalized spacial score (nSPS) is 15.7. The number of nitrogens with one attached hydrogen (secondary N) is 2. The Morgan fingerprint density at radius 1 is 1.38 bits per heavy atom. The van der Waals surface area contributed by atoms with Crippen LogP contribution in [0.4, 0.5) is 10.5 Å². The summed E-state index contributed by atoms with van der Waals surface area (Å²) in [6.45, 7) is 2.52. The summed E-state index contributed by atoms with van der Waals surface area (Å²) in [5.41, 5.74) is 1.08. The van der Waals surface area contributed by atoms with Gasteiger partial charge in [0, 0.05) is 18.0 Å². The first-order valence-electron chi connectivity index (χ1n) is 8.29. The molecule has 0 unspecified atom stereocenters. The number of aryl methyl sites for hydroxylation is 1. The number of fused-ring (bicyclic) bond motifs is 1. The van der Waals surface area contributed by atoms with Crippen LogP contribution >= 0.6 is 11.6 Å². The lowest BCUT2D eigenvalue weighted by molar-refractivity contribution is -0.121. The molecular weight excluding hydrogens is 420 g/mol. The highest BCUT2D eigenvalue weighted by molar-refractivity contribution is 7.90. The second kappa shape index (κ2) is 7.65. The summed E-state index contributed by atoms with van der Waals surface area (Å²) in [6, 6.07) is 3.27. The number of benzene rings is 1. The highest BCUT2D eigenvalue weighted by atomic mass is 35.5. The van der Waals surface area contributed by atoms with Crippen molar-refractivity contribution in [1.82, 2.24) is 19.6 Å². The van der Waals surface area contributed by atoms with Crippen LogP contribution in [0.15, 0.2) is 29.4 Å². The summed E-state index contributed by atoms with van der Waals surface area (Å²) < 4.78 is 26.2. The van der Waals surface area contributed by atoms with E-state index in [-0.39, 0.29) is 21.4 Å². The number of anilines is 1. The molecule has 150 valence electrons. The highest BCUT2D eigenvalue weighted by Crippen LogP contribution is 2.37. The summed E-state index contributed by atoms with van der Waals surface area (Å²) in [5.74, 6) is -0.734. The Hall–Kier alpha value is -3.23. The number of rotatable bonds is 4. The van der Waals surface area contributed by atoms with Gasteiger partial charge in [-0.3, -0.25) is 4.79 Å². The van der Waals surface area contributed by atoms with E-state index in [4.69, 9.17) is 16.9 Å². The molecule has 1 atom stereocenters. The molecule has 12 heteroatoms. The van der Waals surface area contributed by atoms with Gasteiger partial charge in [0.2, 0.25) is 11.7 Å². The van der Waals surface area contributed by atoms with Crippen molar-refractivity contribution in [1.29, 1.82) is 5.26 Å². The molecular formula is C17H15ClN6O4S. The van der Waals surface area contributed by atoms with Crippen LogP contribution in [-0.2, 0) is 14.8 Å². The van der Waals surface area contributed by atoms with Gasteiger partial charge in [-0.05, 0) is 25.5 Å². The fourth-order valence-electron chi connectivity index (χ4n) is 2.68. The predicted octanol–water partition coefficient (Wildman–Crippen LogP) is 1.72. The van der Waals surface area contributed by atoms with Gasteiger partial charge in [0.1, 0.15) is 17.5 Å². The van der Waals surface area contributed by atoms with E-state index in [2.05, 4.69) is 20.6 Å². The van der Waals surface area contributed by atoms with E-state index in [0.717, 1.165) is 0 Å². The van der Waals surface area contributed by atoms with Crippen molar-refractivity contribution < 1.29 is 18.0 Å². The van der Waals surface area contributed by atoms with E-state index in [1.165, 1.54) is 18.5 Å². The third-order valence-corrected chi connectivity index (χ3v) is 6.66. The Bertz CT molecular complexity index is 1140. The molecule has 1 aliphatic heterocycles. The van der Waals surface area contributed by atoms with Crippen LogP contribution in [0.1, 0.15) is 29.9 Å².